The first kappa shape index (κ1) is 12.1. The molecule has 3 heteroatoms. The van der Waals surface area contributed by atoms with Crippen LogP contribution in [0, 0.1) is 12.7 Å². The van der Waals surface area contributed by atoms with Crippen LogP contribution in [-0.2, 0) is 6.54 Å². The van der Waals surface area contributed by atoms with Gasteiger partial charge in [-0.25, -0.2) is 4.39 Å². The molecule has 0 aliphatic rings. The third kappa shape index (κ3) is 2.48. The second-order valence-electron chi connectivity index (χ2n) is 4.02. The van der Waals surface area contributed by atoms with Crippen LogP contribution >= 0.6 is 11.6 Å². The lowest BCUT2D eigenvalue weighted by Gasteiger charge is -2.09. The second-order valence-corrected chi connectivity index (χ2v) is 4.43. The topological polar surface area (TPSA) is 27.6 Å². The molecule has 3 N–H and O–H groups in total. The monoisotopic (exact) mass is 250 g/mol. The summed E-state index contributed by atoms with van der Waals surface area (Å²) < 4.78 is 13.0. The van der Waals surface area contributed by atoms with E-state index in [1.807, 2.05) is 25.1 Å². The fourth-order valence-corrected chi connectivity index (χ4v) is 2.17. The molecule has 0 bridgehead atoms. The zero-order valence-corrected chi connectivity index (χ0v) is 10.4. The lowest BCUT2D eigenvalue weighted by atomic mass is 9.99. The van der Waals surface area contributed by atoms with Gasteiger partial charge in [0.25, 0.3) is 0 Å². The van der Waals surface area contributed by atoms with Crippen molar-refractivity contribution in [3.05, 3.63) is 58.4 Å². The zero-order valence-electron chi connectivity index (χ0n) is 9.63. The Morgan fingerprint density at radius 3 is 2.41 bits per heavy atom. The van der Waals surface area contributed by atoms with Gasteiger partial charge in [0.05, 0.1) is 6.54 Å². The van der Waals surface area contributed by atoms with Crippen molar-refractivity contribution in [2.45, 2.75) is 13.5 Å². The first-order chi connectivity index (χ1) is 8.11. The summed E-state index contributed by atoms with van der Waals surface area (Å²) in [5.41, 5.74) is 7.70. The van der Waals surface area contributed by atoms with Crippen LogP contribution in [0.25, 0.3) is 11.1 Å². The summed E-state index contributed by atoms with van der Waals surface area (Å²) in [7, 11) is 0. The van der Waals surface area contributed by atoms with E-state index < -0.39 is 0 Å². The van der Waals surface area contributed by atoms with E-state index in [9.17, 15) is 4.39 Å². The van der Waals surface area contributed by atoms with Crippen LogP contribution in [0.4, 0.5) is 4.39 Å². The van der Waals surface area contributed by atoms with E-state index in [-0.39, 0.29) is 5.82 Å². The van der Waals surface area contributed by atoms with Crippen LogP contribution in [0.3, 0.4) is 0 Å². The fourth-order valence-electron chi connectivity index (χ4n) is 1.86. The van der Waals surface area contributed by atoms with Crippen LogP contribution in [0.1, 0.15) is 11.1 Å². The number of hydrogen-bond donors (Lipinski definition) is 1. The van der Waals surface area contributed by atoms with E-state index in [2.05, 4.69) is 5.73 Å². The molecular formula is C14H14ClFN+. The van der Waals surface area contributed by atoms with Crippen molar-refractivity contribution in [1.29, 1.82) is 0 Å². The maximum atomic E-state index is 13.0. The first-order valence-electron chi connectivity index (χ1n) is 5.46. The maximum absolute atomic E-state index is 13.0. The van der Waals surface area contributed by atoms with Gasteiger partial charge in [0.1, 0.15) is 5.82 Å². The molecule has 0 radical (unpaired) electrons. The summed E-state index contributed by atoms with van der Waals surface area (Å²) in [6, 6.07) is 10.6. The Balaban J connectivity index is 2.53. The van der Waals surface area contributed by atoms with Crippen molar-refractivity contribution in [3.8, 4) is 11.1 Å². The second kappa shape index (κ2) is 4.86. The van der Waals surface area contributed by atoms with Crippen LogP contribution in [-0.4, -0.2) is 0 Å². The molecule has 2 aromatic carbocycles. The van der Waals surface area contributed by atoms with Gasteiger partial charge in [-0.05, 0) is 36.2 Å². The Bertz CT molecular complexity index is 552. The summed E-state index contributed by atoms with van der Waals surface area (Å²) in [4.78, 5) is 0. The molecule has 0 unspecified atom stereocenters. The van der Waals surface area contributed by atoms with Gasteiger partial charge < -0.3 is 5.73 Å². The Hall–Kier alpha value is -1.38. The molecule has 0 heterocycles. The highest BCUT2D eigenvalue weighted by atomic mass is 35.5. The van der Waals surface area contributed by atoms with Gasteiger partial charge in [-0.1, -0.05) is 29.8 Å². The highest BCUT2D eigenvalue weighted by Crippen LogP contribution is 2.31. The largest absolute Gasteiger partial charge is 0.354 e. The molecular weight excluding hydrogens is 237 g/mol. The van der Waals surface area contributed by atoms with Crippen molar-refractivity contribution < 1.29 is 10.1 Å². The molecule has 0 amide bonds. The number of aryl methyl sites for hydroxylation is 1. The van der Waals surface area contributed by atoms with Gasteiger partial charge in [-0.15, -0.1) is 0 Å². The van der Waals surface area contributed by atoms with Gasteiger partial charge in [0, 0.05) is 16.1 Å². The lowest BCUT2D eigenvalue weighted by Crippen LogP contribution is -2.47. The van der Waals surface area contributed by atoms with Gasteiger partial charge in [-0.3, -0.25) is 0 Å². The fraction of sp³-hybridized carbons (Fsp3) is 0.143. The van der Waals surface area contributed by atoms with E-state index in [0.717, 1.165) is 22.3 Å². The molecule has 0 saturated carbocycles. The predicted molar refractivity (Wildman–Crippen MR) is 68.2 cm³/mol. The highest BCUT2D eigenvalue weighted by Gasteiger charge is 2.08. The quantitative estimate of drug-likeness (QED) is 0.848. The number of hydrogen-bond acceptors (Lipinski definition) is 0. The summed E-state index contributed by atoms with van der Waals surface area (Å²) >= 11 is 6.23. The Labute approximate surface area is 105 Å². The van der Waals surface area contributed by atoms with Crippen LogP contribution in [0.2, 0.25) is 5.02 Å². The van der Waals surface area contributed by atoms with Crippen molar-refractivity contribution in [1.82, 2.24) is 0 Å². The molecule has 2 rings (SSSR count). The number of halogens is 2. The number of rotatable bonds is 2. The normalized spacial score (nSPS) is 10.6. The molecule has 0 spiro atoms. The Morgan fingerprint density at radius 2 is 1.82 bits per heavy atom. The molecule has 0 fully saturated rings. The van der Waals surface area contributed by atoms with Gasteiger partial charge in [0.2, 0.25) is 0 Å². The van der Waals surface area contributed by atoms with E-state index in [1.165, 1.54) is 12.1 Å². The van der Waals surface area contributed by atoms with E-state index in [0.29, 0.717) is 11.6 Å². The third-order valence-electron chi connectivity index (χ3n) is 2.80. The van der Waals surface area contributed by atoms with Crippen LogP contribution in [0.15, 0.2) is 36.4 Å². The van der Waals surface area contributed by atoms with Crippen LogP contribution in [0.5, 0.6) is 0 Å². The number of quaternary nitrogens is 1. The minimum absolute atomic E-state index is 0.225. The predicted octanol–water partition coefficient (Wildman–Crippen LogP) is 3.20. The maximum Gasteiger partial charge on any atom is 0.123 e. The molecule has 0 saturated heterocycles. The minimum atomic E-state index is -0.225. The summed E-state index contributed by atoms with van der Waals surface area (Å²) in [6.45, 7) is 2.59. The van der Waals surface area contributed by atoms with E-state index in [1.54, 1.807) is 6.07 Å². The van der Waals surface area contributed by atoms with Gasteiger partial charge in [-0.2, -0.15) is 0 Å². The number of benzene rings is 2. The summed E-state index contributed by atoms with van der Waals surface area (Å²) in [5, 5.41) is 0.681. The minimum Gasteiger partial charge on any atom is -0.354 e. The molecule has 0 aliphatic carbocycles. The van der Waals surface area contributed by atoms with E-state index in [4.69, 9.17) is 11.6 Å². The van der Waals surface area contributed by atoms with Crippen LogP contribution < -0.4 is 5.73 Å². The average Bonchev–Trinajstić information content (AvgIpc) is 2.30. The molecule has 88 valence electrons. The first-order valence-corrected chi connectivity index (χ1v) is 5.84. The summed E-state index contributed by atoms with van der Waals surface area (Å²) in [6.07, 6.45) is 0. The molecule has 0 aromatic heterocycles. The Kier molecular flexibility index (Phi) is 3.46. The lowest BCUT2D eigenvalue weighted by molar-refractivity contribution is -0.386. The smallest absolute Gasteiger partial charge is 0.123 e. The van der Waals surface area contributed by atoms with Crippen molar-refractivity contribution in [2.75, 3.05) is 0 Å². The molecule has 0 atom stereocenters. The molecule has 17 heavy (non-hydrogen) atoms. The molecule has 2 aromatic rings. The Morgan fingerprint density at radius 1 is 1.12 bits per heavy atom. The SMILES string of the molecule is Cc1cc(F)ccc1-c1ccc(C[NH3+])cc1Cl. The third-order valence-corrected chi connectivity index (χ3v) is 3.11. The van der Waals surface area contributed by atoms with Gasteiger partial charge in [0.15, 0.2) is 0 Å². The molecule has 0 aliphatic heterocycles. The van der Waals surface area contributed by atoms with Gasteiger partial charge >= 0.3 is 0 Å². The zero-order chi connectivity index (χ0) is 12.4. The molecule has 1 nitrogen and oxygen atoms in total. The highest BCUT2D eigenvalue weighted by molar-refractivity contribution is 6.33. The van der Waals surface area contributed by atoms with Crippen molar-refractivity contribution >= 4 is 11.6 Å². The summed E-state index contributed by atoms with van der Waals surface area (Å²) in [5.74, 6) is -0.225. The van der Waals surface area contributed by atoms with E-state index >= 15 is 0 Å². The average molecular weight is 251 g/mol. The van der Waals surface area contributed by atoms with Crippen molar-refractivity contribution in [2.24, 2.45) is 0 Å². The van der Waals surface area contributed by atoms with Crippen molar-refractivity contribution in [3.63, 3.8) is 0 Å². The standard InChI is InChI=1S/C14H13ClFN/c1-9-6-11(16)3-5-12(9)13-4-2-10(8-17)7-14(13)15/h2-7H,8,17H2,1H3/p+1.